The van der Waals surface area contributed by atoms with Gasteiger partial charge in [0.2, 0.25) is 0 Å². The molecule has 0 aliphatic heterocycles. The molecule has 18 heavy (non-hydrogen) atoms. The van der Waals surface area contributed by atoms with E-state index in [-0.39, 0.29) is 24.3 Å². The predicted molar refractivity (Wildman–Crippen MR) is 68.5 cm³/mol. The molecule has 0 aliphatic rings. The molecule has 0 spiro atoms. The molecule has 0 saturated carbocycles. The van der Waals surface area contributed by atoms with Crippen molar-refractivity contribution < 1.29 is 21.9 Å². The van der Waals surface area contributed by atoms with E-state index in [0.29, 0.717) is 6.61 Å². The van der Waals surface area contributed by atoms with Crippen molar-refractivity contribution in [2.45, 2.75) is 32.7 Å². The first kappa shape index (κ1) is 16.9. The molecule has 102 valence electrons. The van der Waals surface area contributed by atoms with Crippen molar-refractivity contribution in [3.63, 3.8) is 0 Å². The Morgan fingerprint density at radius 2 is 1.94 bits per heavy atom. The minimum Gasteiger partial charge on any atom is -1.00 e. The topological polar surface area (TPSA) is 52.3 Å². The third kappa shape index (κ3) is 5.52. The SMILES string of the molecule is CCC(C)C(N)C(=O)OCCc1ccccc1.[Cl-]. The summed E-state index contributed by atoms with van der Waals surface area (Å²) in [5.74, 6) is -0.130. The molecule has 0 fully saturated rings. The fourth-order valence-electron chi connectivity index (χ4n) is 1.50. The molecule has 1 rings (SSSR count). The van der Waals surface area contributed by atoms with E-state index in [1.807, 2.05) is 44.2 Å². The normalized spacial score (nSPS) is 13.3. The van der Waals surface area contributed by atoms with Crippen LogP contribution in [0, 0.1) is 5.92 Å². The van der Waals surface area contributed by atoms with Crippen molar-refractivity contribution in [3.05, 3.63) is 35.9 Å². The monoisotopic (exact) mass is 270 g/mol. The van der Waals surface area contributed by atoms with Crippen LogP contribution in [0.1, 0.15) is 25.8 Å². The molecule has 1 aromatic rings. The van der Waals surface area contributed by atoms with E-state index in [1.54, 1.807) is 0 Å². The lowest BCUT2D eigenvalue weighted by atomic mass is 10.0. The van der Waals surface area contributed by atoms with Gasteiger partial charge in [-0.2, -0.15) is 0 Å². The van der Waals surface area contributed by atoms with Crippen LogP contribution in [0.4, 0.5) is 0 Å². The summed E-state index contributed by atoms with van der Waals surface area (Å²) in [6, 6.07) is 9.44. The van der Waals surface area contributed by atoms with E-state index in [9.17, 15) is 4.79 Å². The van der Waals surface area contributed by atoms with Gasteiger partial charge in [0.15, 0.2) is 0 Å². The molecule has 0 aliphatic carbocycles. The molecule has 0 saturated heterocycles. The van der Waals surface area contributed by atoms with Gasteiger partial charge in [-0.25, -0.2) is 0 Å². The largest absolute Gasteiger partial charge is 1.00 e. The molecule has 1 aromatic carbocycles. The van der Waals surface area contributed by atoms with Crippen LogP contribution in [0.3, 0.4) is 0 Å². The lowest BCUT2D eigenvalue weighted by Crippen LogP contribution is -3.00. The van der Waals surface area contributed by atoms with Crippen molar-refractivity contribution in [2.24, 2.45) is 11.7 Å². The van der Waals surface area contributed by atoms with Crippen LogP contribution in [0.25, 0.3) is 0 Å². The summed E-state index contributed by atoms with van der Waals surface area (Å²) >= 11 is 0. The zero-order valence-corrected chi connectivity index (χ0v) is 11.7. The molecule has 0 aromatic heterocycles. The molecule has 0 bridgehead atoms. The van der Waals surface area contributed by atoms with Crippen molar-refractivity contribution >= 4 is 5.97 Å². The summed E-state index contributed by atoms with van der Waals surface area (Å²) in [4.78, 5) is 11.6. The summed E-state index contributed by atoms with van der Waals surface area (Å²) in [5.41, 5.74) is 6.94. The molecule has 4 heteroatoms. The number of esters is 1. The minimum atomic E-state index is -0.504. The number of nitrogens with two attached hydrogens (primary N) is 1. The minimum absolute atomic E-state index is 0. The molecular weight excluding hydrogens is 250 g/mol. The van der Waals surface area contributed by atoms with Crippen LogP contribution in [-0.2, 0) is 16.0 Å². The Bertz CT molecular complexity index is 343. The standard InChI is InChI=1S/C14H21NO2.ClH/c1-3-11(2)13(15)14(16)17-10-9-12-7-5-4-6-8-12;/h4-8,11,13H,3,9-10,15H2,1-2H3;1H/p-1. The highest BCUT2D eigenvalue weighted by atomic mass is 35.5. The van der Waals surface area contributed by atoms with Crippen LogP contribution < -0.4 is 18.1 Å². The third-order valence-corrected chi connectivity index (χ3v) is 3.01. The van der Waals surface area contributed by atoms with E-state index < -0.39 is 6.04 Å². The molecule has 0 radical (unpaired) electrons. The van der Waals surface area contributed by atoms with Crippen molar-refractivity contribution in [1.29, 1.82) is 0 Å². The maximum Gasteiger partial charge on any atom is 0.323 e. The molecule has 2 unspecified atom stereocenters. The molecular formula is C14H21ClNO2-. The summed E-state index contributed by atoms with van der Waals surface area (Å²) < 4.78 is 5.17. The fraction of sp³-hybridized carbons (Fsp3) is 0.500. The summed E-state index contributed by atoms with van der Waals surface area (Å²) in [6.07, 6.45) is 1.62. The predicted octanol–water partition coefficient (Wildman–Crippen LogP) is -0.850. The fourth-order valence-corrected chi connectivity index (χ4v) is 1.50. The van der Waals surface area contributed by atoms with E-state index in [0.717, 1.165) is 18.4 Å². The zero-order valence-electron chi connectivity index (χ0n) is 10.9. The number of carbonyl (C=O) groups is 1. The van der Waals surface area contributed by atoms with Gasteiger partial charge in [-0.1, -0.05) is 50.6 Å². The quantitative estimate of drug-likeness (QED) is 0.685. The Morgan fingerprint density at radius 3 is 2.50 bits per heavy atom. The highest BCUT2D eigenvalue weighted by Gasteiger charge is 2.20. The van der Waals surface area contributed by atoms with Gasteiger partial charge in [-0.15, -0.1) is 0 Å². The second-order valence-corrected chi connectivity index (χ2v) is 4.31. The van der Waals surface area contributed by atoms with Crippen LogP contribution in [0.2, 0.25) is 0 Å². The maximum absolute atomic E-state index is 11.6. The number of ether oxygens (including phenoxy) is 1. The Balaban J connectivity index is 0.00000289. The second-order valence-electron chi connectivity index (χ2n) is 4.31. The number of carbonyl (C=O) groups excluding carboxylic acids is 1. The lowest BCUT2D eigenvalue weighted by molar-refractivity contribution is -0.146. The first-order valence-electron chi connectivity index (χ1n) is 6.11. The van der Waals surface area contributed by atoms with Gasteiger partial charge >= 0.3 is 5.97 Å². The maximum atomic E-state index is 11.6. The Kier molecular flexibility index (Phi) is 8.42. The molecule has 0 amide bonds. The Labute approximate surface area is 115 Å². The summed E-state index contributed by atoms with van der Waals surface area (Å²) in [6.45, 7) is 4.37. The third-order valence-electron chi connectivity index (χ3n) is 3.01. The van der Waals surface area contributed by atoms with Gasteiger partial charge in [-0.3, -0.25) is 4.79 Å². The number of hydrogen-bond acceptors (Lipinski definition) is 3. The Morgan fingerprint density at radius 1 is 1.33 bits per heavy atom. The molecule has 2 atom stereocenters. The average Bonchev–Trinajstić information content (AvgIpc) is 2.38. The Hall–Kier alpha value is -1.06. The number of hydrogen-bond donors (Lipinski definition) is 1. The van der Waals surface area contributed by atoms with Gasteiger partial charge < -0.3 is 22.9 Å². The van der Waals surface area contributed by atoms with Crippen LogP contribution in [-0.4, -0.2) is 18.6 Å². The average molecular weight is 271 g/mol. The van der Waals surface area contributed by atoms with Crippen molar-refractivity contribution in [1.82, 2.24) is 0 Å². The first-order valence-corrected chi connectivity index (χ1v) is 6.11. The van der Waals surface area contributed by atoms with E-state index in [4.69, 9.17) is 10.5 Å². The van der Waals surface area contributed by atoms with Gasteiger partial charge in [0.1, 0.15) is 6.04 Å². The zero-order chi connectivity index (χ0) is 12.7. The van der Waals surface area contributed by atoms with Crippen LogP contribution >= 0.6 is 0 Å². The molecule has 3 nitrogen and oxygen atoms in total. The van der Waals surface area contributed by atoms with Crippen LogP contribution in [0.5, 0.6) is 0 Å². The highest BCUT2D eigenvalue weighted by molar-refractivity contribution is 5.75. The van der Waals surface area contributed by atoms with Gasteiger partial charge in [0.25, 0.3) is 0 Å². The van der Waals surface area contributed by atoms with Gasteiger partial charge in [-0.05, 0) is 11.5 Å². The first-order chi connectivity index (χ1) is 8.15. The second kappa shape index (κ2) is 8.95. The van der Waals surface area contributed by atoms with Gasteiger partial charge in [0.05, 0.1) is 6.61 Å². The number of rotatable bonds is 6. The van der Waals surface area contributed by atoms with Crippen molar-refractivity contribution in [2.75, 3.05) is 6.61 Å². The lowest BCUT2D eigenvalue weighted by Gasteiger charge is -2.16. The smallest absolute Gasteiger partial charge is 0.323 e. The van der Waals surface area contributed by atoms with Crippen molar-refractivity contribution in [3.8, 4) is 0 Å². The molecule has 2 N–H and O–H groups in total. The van der Waals surface area contributed by atoms with E-state index in [1.165, 1.54) is 0 Å². The van der Waals surface area contributed by atoms with Crippen LogP contribution in [0.15, 0.2) is 30.3 Å². The number of halogens is 1. The molecule has 0 heterocycles. The summed E-state index contributed by atoms with van der Waals surface area (Å²) in [7, 11) is 0. The number of benzene rings is 1. The summed E-state index contributed by atoms with van der Waals surface area (Å²) in [5, 5.41) is 0. The van der Waals surface area contributed by atoms with E-state index >= 15 is 0 Å². The van der Waals surface area contributed by atoms with Gasteiger partial charge in [0, 0.05) is 6.42 Å². The highest BCUT2D eigenvalue weighted by Crippen LogP contribution is 2.07. The van der Waals surface area contributed by atoms with E-state index in [2.05, 4.69) is 0 Å².